The van der Waals surface area contributed by atoms with Crippen molar-refractivity contribution in [3.63, 3.8) is 0 Å². The Bertz CT molecular complexity index is 487. The van der Waals surface area contributed by atoms with Crippen molar-refractivity contribution in [3.05, 3.63) is 35.4 Å². The first-order valence-electron chi connectivity index (χ1n) is 7.12. The molecule has 4 nitrogen and oxygen atoms in total. The van der Waals surface area contributed by atoms with Gasteiger partial charge in [0.1, 0.15) is 5.54 Å². The molecule has 20 heavy (non-hydrogen) atoms. The molecule has 1 aliphatic carbocycles. The van der Waals surface area contributed by atoms with E-state index in [1.165, 1.54) is 0 Å². The Hall–Kier alpha value is -1.84. The molecule has 0 radical (unpaired) electrons. The minimum Gasteiger partial charge on any atom is -0.480 e. The van der Waals surface area contributed by atoms with Gasteiger partial charge in [-0.05, 0) is 25.3 Å². The smallest absolute Gasteiger partial charge is 0.329 e. The standard InChI is InChI=1S/C16H21NO3/c1-12-5-7-13(8-6-12)11-14(18)17-16(15(19)20)9-3-2-4-10-16/h5-8H,2-4,9-11H2,1H3,(H,17,18)(H,19,20). The number of nitrogens with one attached hydrogen (secondary N) is 1. The number of carbonyl (C=O) groups excluding carboxylic acids is 1. The topological polar surface area (TPSA) is 66.4 Å². The molecule has 2 rings (SSSR count). The number of hydrogen-bond donors (Lipinski definition) is 2. The lowest BCUT2D eigenvalue weighted by molar-refractivity contribution is -0.149. The van der Waals surface area contributed by atoms with Crippen LogP contribution in [0, 0.1) is 6.92 Å². The van der Waals surface area contributed by atoms with Crippen LogP contribution in [0.1, 0.15) is 43.2 Å². The first-order chi connectivity index (χ1) is 9.52. The first-order valence-corrected chi connectivity index (χ1v) is 7.12. The van der Waals surface area contributed by atoms with Crippen LogP contribution < -0.4 is 5.32 Å². The van der Waals surface area contributed by atoms with Gasteiger partial charge in [0, 0.05) is 0 Å². The van der Waals surface area contributed by atoms with E-state index in [1.54, 1.807) is 0 Å². The molecular weight excluding hydrogens is 254 g/mol. The van der Waals surface area contributed by atoms with Gasteiger partial charge in [-0.3, -0.25) is 4.79 Å². The van der Waals surface area contributed by atoms with Crippen molar-refractivity contribution >= 4 is 11.9 Å². The number of aryl methyl sites for hydroxylation is 1. The van der Waals surface area contributed by atoms with Crippen LogP contribution in [0.5, 0.6) is 0 Å². The Kier molecular flexibility index (Phi) is 4.42. The molecule has 1 saturated carbocycles. The average molecular weight is 275 g/mol. The van der Waals surface area contributed by atoms with Crippen LogP contribution in [0.15, 0.2) is 24.3 Å². The zero-order valence-corrected chi connectivity index (χ0v) is 11.8. The van der Waals surface area contributed by atoms with E-state index in [0.717, 1.165) is 30.4 Å². The van der Waals surface area contributed by atoms with Crippen LogP contribution in [0.4, 0.5) is 0 Å². The molecule has 0 atom stereocenters. The van der Waals surface area contributed by atoms with Gasteiger partial charge in [-0.2, -0.15) is 0 Å². The Morgan fingerprint density at radius 1 is 1.15 bits per heavy atom. The monoisotopic (exact) mass is 275 g/mol. The van der Waals surface area contributed by atoms with E-state index < -0.39 is 11.5 Å². The summed E-state index contributed by atoms with van der Waals surface area (Å²) in [6.45, 7) is 1.99. The second-order valence-corrected chi connectivity index (χ2v) is 5.66. The van der Waals surface area contributed by atoms with Crippen molar-refractivity contribution in [1.29, 1.82) is 0 Å². The van der Waals surface area contributed by atoms with E-state index in [4.69, 9.17) is 0 Å². The number of rotatable bonds is 4. The zero-order chi connectivity index (χ0) is 14.6. The molecule has 108 valence electrons. The molecule has 1 aliphatic rings. The Balaban J connectivity index is 2.01. The molecule has 0 saturated heterocycles. The number of benzene rings is 1. The summed E-state index contributed by atoms with van der Waals surface area (Å²) in [5.74, 6) is -1.12. The maximum atomic E-state index is 12.1. The fourth-order valence-electron chi connectivity index (χ4n) is 2.75. The fraction of sp³-hybridized carbons (Fsp3) is 0.500. The summed E-state index contributed by atoms with van der Waals surface area (Å²) in [5.41, 5.74) is 0.993. The third kappa shape index (κ3) is 3.38. The molecule has 1 amide bonds. The summed E-state index contributed by atoms with van der Waals surface area (Å²) in [7, 11) is 0. The van der Waals surface area contributed by atoms with Crippen LogP contribution in [0.3, 0.4) is 0 Å². The second-order valence-electron chi connectivity index (χ2n) is 5.66. The van der Waals surface area contributed by atoms with Gasteiger partial charge in [0.2, 0.25) is 5.91 Å². The van der Waals surface area contributed by atoms with Crippen LogP contribution in [-0.4, -0.2) is 22.5 Å². The zero-order valence-electron chi connectivity index (χ0n) is 11.8. The predicted molar refractivity (Wildman–Crippen MR) is 76.5 cm³/mol. The number of amides is 1. The molecule has 4 heteroatoms. The summed E-state index contributed by atoms with van der Waals surface area (Å²) in [5, 5.41) is 12.2. The van der Waals surface area contributed by atoms with Gasteiger partial charge in [-0.1, -0.05) is 49.1 Å². The normalized spacial score (nSPS) is 17.4. The van der Waals surface area contributed by atoms with Gasteiger partial charge in [0.15, 0.2) is 0 Å². The number of aliphatic carboxylic acids is 1. The van der Waals surface area contributed by atoms with Crippen molar-refractivity contribution in [2.45, 2.75) is 51.0 Å². The SMILES string of the molecule is Cc1ccc(CC(=O)NC2(C(=O)O)CCCCC2)cc1. The molecule has 1 aromatic carbocycles. The molecule has 2 N–H and O–H groups in total. The highest BCUT2D eigenvalue weighted by Crippen LogP contribution is 2.28. The lowest BCUT2D eigenvalue weighted by Gasteiger charge is -2.34. The highest BCUT2D eigenvalue weighted by molar-refractivity contribution is 5.88. The first kappa shape index (κ1) is 14.6. The minimum atomic E-state index is -1.06. The van der Waals surface area contributed by atoms with Crippen molar-refractivity contribution in [3.8, 4) is 0 Å². The Morgan fingerprint density at radius 3 is 2.30 bits per heavy atom. The molecule has 1 fully saturated rings. The molecule has 0 aliphatic heterocycles. The van der Waals surface area contributed by atoms with E-state index >= 15 is 0 Å². The molecule has 1 aromatic rings. The van der Waals surface area contributed by atoms with Gasteiger partial charge in [-0.15, -0.1) is 0 Å². The van der Waals surface area contributed by atoms with Crippen LogP contribution in [0.2, 0.25) is 0 Å². The van der Waals surface area contributed by atoms with Gasteiger partial charge in [-0.25, -0.2) is 4.79 Å². The number of carbonyl (C=O) groups is 2. The van der Waals surface area contributed by atoms with Crippen LogP contribution in [-0.2, 0) is 16.0 Å². The highest BCUT2D eigenvalue weighted by Gasteiger charge is 2.40. The number of carboxylic acids is 1. The largest absolute Gasteiger partial charge is 0.480 e. The van der Waals surface area contributed by atoms with E-state index in [1.807, 2.05) is 31.2 Å². The minimum absolute atomic E-state index is 0.210. The number of hydrogen-bond acceptors (Lipinski definition) is 2. The van der Waals surface area contributed by atoms with E-state index in [2.05, 4.69) is 5.32 Å². The van der Waals surface area contributed by atoms with Crippen molar-refractivity contribution in [2.24, 2.45) is 0 Å². The van der Waals surface area contributed by atoms with Gasteiger partial charge < -0.3 is 10.4 Å². The Morgan fingerprint density at radius 2 is 1.75 bits per heavy atom. The van der Waals surface area contributed by atoms with Crippen LogP contribution in [0.25, 0.3) is 0 Å². The second kappa shape index (κ2) is 6.07. The fourth-order valence-corrected chi connectivity index (χ4v) is 2.75. The third-order valence-corrected chi connectivity index (χ3v) is 3.98. The predicted octanol–water partition coefficient (Wildman–Crippen LogP) is 2.44. The molecule has 0 unspecified atom stereocenters. The summed E-state index contributed by atoms with van der Waals surface area (Å²) in [6, 6.07) is 7.72. The van der Waals surface area contributed by atoms with Gasteiger partial charge in [0.25, 0.3) is 0 Å². The van der Waals surface area contributed by atoms with E-state index in [0.29, 0.717) is 12.8 Å². The van der Waals surface area contributed by atoms with Gasteiger partial charge in [0.05, 0.1) is 6.42 Å². The van der Waals surface area contributed by atoms with E-state index in [9.17, 15) is 14.7 Å². The maximum absolute atomic E-state index is 12.1. The third-order valence-electron chi connectivity index (χ3n) is 3.98. The lowest BCUT2D eigenvalue weighted by Crippen LogP contribution is -2.55. The van der Waals surface area contributed by atoms with Crippen molar-refractivity contribution in [1.82, 2.24) is 5.32 Å². The lowest BCUT2D eigenvalue weighted by atomic mass is 9.81. The number of carboxylic acid groups (broad SMARTS) is 1. The molecule has 0 heterocycles. The highest BCUT2D eigenvalue weighted by atomic mass is 16.4. The average Bonchev–Trinajstić information content (AvgIpc) is 2.42. The van der Waals surface area contributed by atoms with Crippen molar-refractivity contribution < 1.29 is 14.7 Å². The molecule has 0 spiro atoms. The van der Waals surface area contributed by atoms with Crippen LogP contribution >= 0.6 is 0 Å². The van der Waals surface area contributed by atoms with Crippen molar-refractivity contribution in [2.75, 3.05) is 0 Å². The molecular formula is C16H21NO3. The Labute approximate surface area is 119 Å². The summed E-state index contributed by atoms with van der Waals surface area (Å²) < 4.78 is 0. The van der Waals surface area contributed by atoms with Gasteiger partial charge >= 0.3 is 5.97 Å². The van der Waals surface area contributed by atoms with E-state index in [-0.39, 0.29) is 12.3 Å². The summed E-state index contributed by atoms with van der Waals surface area (Å²) >= 11 is 0. The molecule has 0 bridgehead atoms. The molecule has 0 aromatic heterocycles. The summed E-state index contributed by atoms with van der Waals surface area (Å²) in [4.78, 5) is 23.6. The quantitative estimate of drug-likeness (QED) is 0.887. The maximum Gasteiger partial charge on any atom is 0.329 e. The summed E-state index contributed by atoms with van der Waals surface area (Å²) in [6.07, 6.45) is 4.05.